The summed E-state index contributed by atoms with van der Waals surface area (Å²) in [7, 11) is 0. The Morgan fingerprint density at radius 1 is 1.35 bits per heavy atom. The van der Waals surface area contributed by atoms with E-state index in [0.717, 1.165) is 35.4 Å². The molecule has 2 heterocycles. The summed E-state index contributed by atoms with van der Waals surface area (Å²) in [6, 6.07) is 2.25. The van der Waals surface area contributed by atoms with Gasteiger partial charge in [0.05, 0.1) is 5.39 Å². The highest BCUT2D eigenvalue weighted by atomic mass is 16.1. The second kappa shape index (κ2) is 3.72. The quantitative estimate of drug-likeness (QED) is 0.819. The van der Waals surface area contributed by atoms with E-state index in [0.29, 0.717) is 6.04 Å². The van der Waals surface area contributed by atoms with Crippen molar-refractivity contribution >= 4 is 11.0 Å². The highest BCUT2D eigenvalue weighted by molar-refractivity contribution is 5.75. The van der Waals surface area contributed by atoms with Crippen molar-refractivity contribution < 1.29 is 0 Å². The lowest BCUT2D eigenvalue weighted by atomic mass is 10.2. The van der Waals surface area contributed by atoms with Gasteiger partial charge >= 0.3 is 0 Å². The average molecular weight is 231 g/mol. The highest BCUT2D eigenvalue weighted by Crippen LogP contribution is 2.29. The molecule has 0 saturated heterocycles. The lowest BCUT2D eigenvalue weighted by Gasteiger charge is -2.15. The molecule has 90 valence electrons. The van der Waals surface area contributed by atoms with E-state index in [2.05, 4.69) is 9.97 Å². The van der Waals surface area contributed by atoms with E-state index in [1.807, 2.05) is 24.5 Å². The van der Waals surface area contributed by atoms with Gasteiger partial charge in [-0.3, -0.25) is 9.36 Å². The molecule has 0 unspecified atom stereocenters. The highest BCUT2D eigenvalue weighted by Gasteiger charge is 2.21. The van der Waals surface area contributed by atoms with Gasteiger partial charge in [0.15, 0.2) is 0 Å². The van der Waals surface area contributed by atoms with Gasteiger partial charge in [0, 0.05) is 11.7 Å². The minimum atomic E-state index is 0.115. The molecule has 2 aromatic rings. The minimum Gasteiger partial charge on any atom is -0.343 e. The van der Waals surface area contributed by atoms with Crippen LogP contribution >= 0.6 is 0 Å². The second-order valence-corrected chi connectivity index (χ2v) is 4.99. The van der Waals surface area contributed by atoms with E-state index in [4.69, 9.17) is 0 Å². The number of rotatable bonds is 1. The largest absolute Gasteiger partial charge is 0.343 e. The molecule has 3 rings (SSSR count). The summed E-state index contributed by atoms with van der Waals surface area (Å²) in [6.45, 7) is 3.88. The van der Waals surface area contributed by atoms with Crippen molar-refractivity contribution in [2.24, 2.45) is 0 Å². The number of H-pyrrole nitrogens is 1. The lowest BCUT2D eigenvalue weighted by molar-refractivity contribution is 0.486. The van der Waals surface area contributed by atoms with Crippen LogP contribution in [0.3, 0.4) is 0 Å². The SMILES string of the molecule is Cc1cc2c(=O)n(C3CCCC3)c(C)nc2[nH]1. The van der Waals surface area contributed by atoms with Gasteiger partial charge in [0.25, 0.3) is 5.56 Å². The lowest BCUT2D eigenvalue weighted by Crippen LogP contribution is -2.26. The summed E-state index contributed by atoms with van der Waals surface area (Å²) >= 11 is 0. The number of nitrogens with one attached hydrogen (secondary N) is 1. The van der Waals surface area contributed by atoms with Crippen LogP contribution in [-0.2, 0) is 0 Å². The molecule has 0 spiro atoms. The van der Waals surface area contributed by atoms with Gasteiger partial charge in [0.1, 0.15) is 11.5 Å². The maximum Gasteiger partial charge on any atom is 0.263 e. The predicted molar refractivity (Wildman–Crippen MR) is 67.3 cm³/mol. The molecular weight excluding hydrogens is 214 g/mol. The molecule has 2 aromatic heterocycles. The molecule has 4 nitrogen and oxygen atoms in total. The number of aryl methyl sites for hydroxylation is 2. The van der Waals surface area contributed by atoms with Crippen LogP contribution in [0.4, 0.5) is 0 Å². The van der Waals surface area contributed by atoms with E-state index in [-0.39, 0.29) is 5.56 Å². The molecular formula is C13H17N3O. The average Bonchev–Trinajstić information content (AvgIpc) is 2.87. The van der Waals surface area contributed by atoms with Gasteiger partial charge in [-0.1, -0.05) is 12.8 Å². The second-order valence-electron chi connectivity index (χ2n) is 4.99. The molecule has 4 heteroatoms. The molecule has 1 aliphatic carbocycles. The van der Waals surface area contributed by atoms with Gasteiger partial charge in [0.2, 0.25) is 0 Å². The Bertz CT molecular complexity index is 617. The van der Waals surface area contributed by atoms with Gasteiger partial charge in [-0.05, 0) is 32.8 Å². The van der Waals surface area contributed by atoms with Gasteiger partial charge < -0.3 is 4.98 Å². The molecule has 1 aliphatic rings. The Morgan fingerprint density at radius 3 is 2.76 bits per heavy atom. The normalized spacial score (nSPS) is 17.1. The Morgan fingerprint density at radius 2 is 2.06 bits per heavy atom. The topological polar surface area (TPSA) is 50.7 Å². The number of aromatic nitrogens is 3. The van der Waals surface area contributed by atoms with Crippen LogP contribution in [0.2, 0.25) is 0 Å². The van der Waals surface area contributed by atoms with Crippen molar-refractivity contribution in [2.45, 2.75) is 45.6 Å². The summed E-state index contributed by atoms with van der Waals surface area (Å²) < 4.78 is 1.89. The Balaban J connectivity index is 2.26. The first-order valence-electron chi connectivity index (χ1n) is 6.25. The van der Waals surface area contributed by atoms with E-state index in [1.54, 1.807) is 0 Å². The van der Waals surface area contributed by atoms with Gasteiger partial charge in [-0.25, -0.2) is 4.98 Å². The summed E-state index contributed by atoms with van der Waals surface area (Å²) in [5, 5.41) is 0.722. The summed E-state index contributed by atoms with van der Waals surface area (Å²) in [6.07, 6.45) is 4.66. The first kappa shape index (κ1) is 10.6. The number of aromatic amines is 1. The van der Waals surface area contributed by atoms with Crippen LogP contribution in [0.15, 0.2) is 10.9 Å². The van der Waals surface area contributed by atoms with Crippen LogP contribution in [0, 0.1) is 13.8 Å². The monoisotopic (exact) mass is 231 g/mol. The molecule has 0 aliphatic heterocycles. The first-order chi connectivity index (χ1) is 8.16. The Kier molecular flexibility index (Phi) is 2.31. The zero-order valence-corrected chi connectivity index (χ0v) is 10.3. The maximum atomic E-state index is 12.5. The van der Waals surface area contributed by atoms with E-state index in [9.17, 15) is 4.79 Å². The molecule has 0 atom stereocenters. The van der Waals surface area contributed by atoms with Crippen LogP contribution in [0.5, 0.6) is 0 Å². The Labute approximate surface area is 99.7 Å². The van der Waals surface area contributed by atoms with Gasteiger partial charge in [-0.15, -0.1) is 0 Å². The van der Waals surface area contributed by atoms with E-state index in [1.165, 1.54) is 12.8 Å². The number of fused-ring (bicyclic) bond motifs is 1. The molecule has 0 radical (unpaired) electrons. The predicted octanol–water partition coefficient (Wildman–Crippen LogP) is 2.46. The molecule has 1 N–H and O–H groups in total. The van der Waals surface area contributed by atoms with Crippen molar-refractivity contribution in [3.05, 3.63) is 27.9 Å². The van der Waals surface area contributed by atoms with Crippen molar-refractivity contribution in [2.75, 3.05) is 0 Å². The fraction of sp³-hybridized carbons (Fsp3) is 0.538. The Hall–Kier alpha value is -1.58. The van der Waals surface area contributed by atoms with Crippen molar-refractivity contribution in [1.29, 1.82) is 0 Å². The van der Waals surface area contributed by atoms with Crippen LogP contribution < -0.4 is 5.56 Å². The van der Waals surface area contributed by atoms with Crippen LogP contribution in [0.1, 0.15) is 43.2 Å². The summed E-state index contributed by atoms with van der Waals surface area (Å²) in [5.74, 6) is 0.830. The fourth-order valence-corrected chi connectivity index (χ4v) is 2.91. The van der Waals surface area contributed by atoms with Crippen LogP contribution in [0.25, 0.3) is 11.0 Å². The molecule has 0 aromatic carbocycles. The van der Waals surface area contributed by atoms with E-state index >= 15 is 0 Å². The first-order valence-corrected chi connectivity index (χ1v) is 6.25. The third kappa shape index (κ3) is 1.59. The third-order valence-corrected chi connectivity index (χ3v) is 3.69. The molecule has 1 saturated carbocycles. The van der Waals surface area contributed by atoms with Crippen molar-refractivity contribution in [1.82, 2.24) is 14.5 Å². The fourth-order valence-electron chi connectivity index (χ4n) is 2.91. The smallest absolute Gasteiger partial charge is 0.263 e. The number of hydrogen-bond donors (Lipinski definition) is 1. The third-order valence-electron chi connectivity index (χ3n) is 3.69. The van der Waals surface area contributed by atoms with Crippen LogP contribution in [-0.4, -0.2) is 14.5 Å². The summed E-state index contributed by atoms with van der Waals surface area (Å²) in [5.41, 5.74) is 1.83. The number of nitrogens with zero attached hydrogens (tertiary/aromatic N) is 2. The molecule has 17 heavy (non-hydrogen) atoms. The standard InChI is InChI=1S/C13H17N3O/c1-8-7-11-12(14-8)15-9(2)16(13(11)17)10-5-3-4-6-10/h7,10,14H,3-6H2,1-2H3. The molecule has 0 amide bonds. The summed E-state index contributed by atoms with van der Waals surface area (Å²) in [4.78, 5) is 20.1. The molecule has 1 fully saturated rings. The maximum absolute atomic E-state index is 12.5. The number of hydrogen-bond acceptors (Lipinski definition) is 2. The minimum absolute atomic E-state index is 0.115. The zero-order valence-electron chi connectivity index (χ0n) is 10.3. The zero-order chi connectivity index (χ0) is 12.0. The molecule has 0 bridgehead atoms. The van der Waals surface area contributed by atoms with Gasteiger partial charge in [-0.2, -0.15) is 0 Å². The van der Waals surface area contributed by atoms with Crippen molar-refractivity contribution in [3.63, 3.8) is 0 Å². The van der Waals surface area contributed by atoms with E-state index < -0.39 is 0 Å². The van der Waals surface area contributed by atoms with Crippen molar-refractivity contribution in [3.8, 4) is 0 Å².